The molecule has 11 N–H and O–H groups in total. The Morgan fingerprint density at radius 3 is 2.06 bits per heavy atom. The zero-order chi connectivity index (χ0) is 34.0. The third kappa shape index (κ3) is 9.16. The first-order chi connectivity index (χ1) is 22.5. The van der Waals surface area contributed by atoms with Crippen LogP contribution in [-0.4, -0.2) is 48.1 Å². The largest absolute Gasteiger partial charge is 0.384 e. The van der Waals surface area contributed by atoms with Crippen molar-refractivity contribution >= 4 is 40.3 Å². The molecule has 4 aromatic carbocycles. The first-order valence-electron chi connectivity index (χ1n) is 15.4. The molecular weight excluding hydrogens is 592 g/mol. The van der Waals surface area contributed by atoms with Crippen molar-refractivity contribution < 1.29 is 14.4 Å². The molecule has 0 aliphatic rings. The maximum Gasteiger partial charge on any atom is 0.243 e. The van der Waals surface area contributed by atoms with Crippen LogP contribution in [0.4, 0.5) is 0 Å². The molecule has 47 heavy (non-hydrogen) atoms. The zero-order valence-electron chi connectivity index (χ0n) is 26.4. The number of nitrogens with zero attached hydrogens (tertiary/aromatic N) is 1. The van der Waals surface area contributed by atoms with E-state index in [9.17, 15) is 14.4 Å². The molecule has 0 saturated heterocycles. The minimum atomic E-state index is -1.09. The topological polar surface area (TPSA) is 216 Å². The molecule has 0 unspecified atom stereocenters. The van der Waals surface area contributed by atoms with Crippen LogP contribution in [-0.2, 0) is 32.6 Å². The van der Waals surface area contributed by atoms with Gasteiger partial charge in [0.25, 0.3) is 0 Å². The molecule has 11 heteroatoms. The van der Waals surface area contributed by atoms with Gasteiger partial charge in [-0.3, -0.25) is 24.8 Å². The van der Waals surface area contributed by atoms with E-state index in [1.54, 1.807) is 12.1 Å². The van der Waals surface area contributed by atoms with Gasteiger partial charge in [0.15, 0.2) is 5.96 Å². The number of rotatable bonds is 15. The lowest BCUT2D eigenvalue weighted by atomic mass is 9.76. The molecule has 0 radical (unpaired) electrons. The van der Waals surface area contributed by atoms with Crippen molar-refractivity contribution in [1.82, 2.24) is 10.6 Å². The summed E-state index contributed by atoms with van der Waals surface area (Å²) in [4.78, 5) is 44.5. The van der Waals surface area contributed by atoms with E-state index in [-0.39, 0.29) is 37.1 Å². The summed E-state index contributed by atoms with van der Waals surface area (Å²) < 4.78 is 0. The number of carbonyl (C=O) groups excluding carboxylic acids is 3. The van der Waals surface area contributed by atoms with Crippen LogP contribution in [0.2, 0.25) is 0 Å². The second-order valence-corrected chi connectivity index (χ2v) is 11.8. The fraction of sp³-hybridized carbons (Fsp3) is 0.250. The smallest absolute Gasteiger partial charge is 0.243 e. The second-order valence-electron chi connectivity index (χ2n) is 11.8. The van der Waals surface area contributed by atoms with Gasteiger partial charge in [-0.1, -0.05) is 97.1 Å². The van der Waals surface area contributed by atoms with Gasteiger partial charge in [-0.2, -0.15) is 0 Å². The lowest BCUT2D eigenvalue weighted by Gasteiger charge is -2.32. The Bertz CT molecular complexity index is 1750. The van der Waals surface area contributed by atoms with Crippen LogP contribution < -0.4 is 33.6 Å². The van der Waals surface area contributed by atoms with Crippen LogP contribution in [0.5, 0.6) is 0 Å². The third-order valence-electron chi connectivity index (χ3n) is 8.22. The van der Waals surface area contributed by atoms with E-state index >= 15 is 0 Å². The number of hydrogen-bond acceptors (Lipinski definition) is 5. The summed E-state index contributed by atoms with van der Waals surface area (Å²) in [6.45, 7) is 2.10. The van der Waals surface area contributed by atoms with Gasteiger partial charge in [-0.05, 0) is 53.6 Å². The summed E-state index contributed by atoms with van der Waals surface area (Å²) in [6.07, 6.45) is 1.09. The number of nitrogens with two attached hydrogens (primary N) is 4. The molecule has 3 amide bonds. The molecule has 0 spiro atoms. The molecule has 3 atom stereocenters. The van der Waals surface area contributed by atoms with Crippen molar-refractivity contribution in [2.24, 2.45) is 27.9 Å². The Balaban J connectivity index is 1.65. The van der Waals surface area contributed by atoms with E-state index in [0.717, 1.165) is 27.5 Å². The highest BCUT2D eigenvalue weighted by molar-refractivity contribution is 5.96. The van der Waals surface area contributed by atoms with E-state index in [0.29, 0.717) is 18.4 Å². The normalized spacial score (nSPS) is 13.5. The molecule has 4 aromatic rings. The highest BCUT2D eigenvalue weighted by Crippen LogP contribution is 2.29. The monoisotopic (exact) mass is 634 g/mol. The SMILES string of the molecule is C[C@](Cc1ccc(C(=N)N)cc1)(C(=O)N[C@@H](Cc1ccc2ccccc2c1)C(=O)N[C@@H](CCCN=C(N)N)C(N)=O)c1ccccc1. The number of primary amides is 1. The number of aliphatic imine (C=N–C) groups is 1. The Morgan fingerprint density at radius 1 is 0.787 bits per heavy atom. The van der Waals surface area contributed by atoms with Crippen LogP contribution in [0.1, 0.15) is 42.0 Å². The number of amides is 3. The molecule has 11 nitrogen and oxygen atoms in total. The minimum Gasteiger partial charge on any atom is -0.384 e. The number of nitrogen functional groups attached to an aromatic ring is 1. The van der Waals surface area contributed by atoms with E-state index in [1.807, 2.05) is 91.9 Å². The Kier molecular flexibility index (Phi) is 11.3. The van der Waals surface area contributed by atoms with Gasteiger partial charge in [-0.15, -0.1) is 0 Å². The molecule has 0 aliphatic carbocycles. The van der Waals surface area contributed by atoms with Crippen molar-refractivity contribution in [2.75, 3.05) is 6.54 Å². The van der Waals surface area contributed by atoms with Crippen molar-refractivity contribution in [2.45, 2.75) is 50.1 Å². The van der Waals surface area contributed by atoms with Gasteiger partial charge >= 0.3 is 0 Å². The summed E-state index contributed by atoms with van der Waals surface area (Å²) >= 11 is 0. The van der Waals surface area contributed by atoms with Crippen molar-refractivity contribution in [3.63, 3.8) is 0 Å². The summed E-state index contributed by atoms with van der Waals surface area (Å²) in [5.41, 5.74) is 24.0. The van der Waals surface area contributed by atoms with Crippen LogP contribution in [0.15, 0.2) is 102 Å². The van der Waals surface area contributed by atoms with Crippen molar-refractivity contribution in [3.8, 4) is 0 Å². The van der Waals surface area contributed by atoms with Gasteiger partial charge in [0.1, 0.15) is 17.9 Å². The minimum absolute atomic E-state index is 0.0480. The molecule has 0 bridgehead atoms. The predicted octanol–water partition coefficient (Wildman–Crippen LogP) is 2.38. The maximum absolute atomic E-state index is 14.4. The first kappa shape index (κ1) is 34.2. The number of carbonyl (C=O) groups is 3. The van der Waals surface area contributed by atoms with E-state index in [4.69, 9.17) is 28.3 Å². The fourth-order valence-corrected chi connectivity index (χ4v) is 5.52. The standard InChI is InChI=1S/C36H42N8O3/c1-36(28-10-3-2-4-11-28,22-23-13-17-26(18-14-23)31(37)38)34(47)44-30(21-24-15-16-25-8-5-6-9-27(25)20-24)33(46)43-29(32(39)45)12-7-19-42-35(40)41/h2-6,8-11,13-18,20,29-30H,7,12,19,21-22H2,1H3,(H3,37,38)(H2,39,45)(H,43,46)(H,44,47)(H4,40,41,42)/t29-,30-,36+/m0/s1. The highest BCUT2D eigenvalue weighted by Gasteiger charge is 2.38. The lowest BCUT2D eigenvalue weighted by molar-refractivity contribution is -0.133. The van der Waals surface area contributed by atoms with E-state index in [1.165, 1.54) is 0 Å². The number of hydrogen-bond donors (Lipinski definition) is 7. The number of nitrogens with one attached hydrogen (secondary N) is 3. The zero-order valence-corrected chi connectivity index (χ0v) is 26.4. The van der Waals surface area contributed by atoms with Gasteiger partial charge in [0, 0.05) is 18.5 Å². The summed E-state index contributed by atoms with van der Waals surface area (Å²) in [7, 11) is 0. The first-order valence-corrected chi connectivity index (χ1v) is 15.4. The number of guanidine groups is 1. The number of benzene rings is 4. The maximum atomic E-state index is 14.4. The van der Waals surface area contributed by atoms with Gasteiger partial charge in [0.2, 0.25) is 17.7 Å². The van der Waals surface area contributed by atoms with Crippen molar-refractivity contribution in [1.29, 1.82) is 5.41 Å². The average molecular weight is 635 g/mol. The molecule has 0 aliphatic heterocycles. The third-order valence-corrected chi connectivity index (χ3v) is 8.22. The van der Waals surface area contributed by atoms with Crippen LogP contribution in [0, 0.1) is 5.41 Å². The molecular formula is C36H42N8O3. The number of fused-ring (bicyclic) bond motifs is 1. The molecule has 0 aromatic heterocycles. The molecule has 244 valence electrons. The van der Waals surface area contributed by atoms with Crippen LogP contribution in [0.3, 0.4) is 0 Å². The average Bonchev–Trinajstić information content (AvgIpc) is 3.06. The van der Waals surface area contributed by atoms with Gasteiger partial charge in [-0.25, -0.2) is 0 Å². The predicted molar refractivity (Wildman–Crippen MR) is 186 cm³/mol. The fourth-order valence-electron chi connectivity index (χ4n) is 5.52. The summed E-state index contributed by atoms with van der Waals surface area (Å²) in [6, 6.07) is 28.2. The quantitative estimate of drug-likeness (QED) is 0.0591. The number of amidine groups is 1. The Labute approximate surface area is 274 Å². The van der Waals surface area contributed by atoms with E-state index in [2.05, 4.69) is 15.6 Å². The molecule has 0 fully saturated rings. The lowest BCUT2D eigenvalue weighted by Crippen LogP contribution is -2.56. The molecule has 0 heterocycles. The Hall–Kier alpha value is -5.71. The van der Waals surface area contributed by atoms with Gasteiger partial charge < -0.3 is 33.6 Å². The van der Waals surface area contributed by atoms with Crippen LogP contribution >= 0.6 is 0 Å². The summed E-state index contributed by atoms with van der Waals surface area (Å²) in [5, 5.41) is 15.5. The van der Waals surface area contributed by atoms with E-state index < -0.39 is 29.3 Å². The summed E-state index contributed by atoms with van der Waals surface area (Å²) in [5.74, 6) is -1.74. The second kappa shape index (κ2) is 15.5. The van der Waals surface area contributed by atoms with Gasteiger partial charge in [0.05, 0.1) is 5.41 Å². The Morgan fingerprint density at radius 2 is 1.43 bits per heavy atom. The van der Waals surface area contributed by atoms with Crippen LogP contribution in [0.25, 0.3) is 10.8 Å². The highest BCUT2D eigenvalue weighted by atomic mass is 16.2. The molecule has 0 saturated carbocycles. The van der Waals surface area contributed by atoms with Crippen molar-refractivity contribution in [3.05, 3.63) is 119 Å². The molecule has 4 rings (SSSR count).